The first-order chi connectivity index (χ1) is 21.9. The fourth-order valence-electron chi connectivity index (χ4n) is 5.79. The average molecular weight is 725 g/mol. The zero-order valence-corrected chi connectivity index (χ0v) is 33.7. The van der Waals surface area contributed by atoms with Crippen LogP contribution in [-0.2, 0) is 12.3 Å². The van der Waals surface area contributed by atoms with Gasteiger partial charge in [-0.05, 0) is 102 Å². The largest absolute Gasteiger partial charge is 0.494 e. The van der Waals surface area contributed by atoms with Crippen LogP contribution in [0.5, 0.6) is 11.5 Å². The van der Waals surface area contributed by atoms with Gasteiger partial charge in [0.05, 0.1) is 23.1 Å². The third-order valence-corrected chi connectivity index (χ3v) is 22.9. The molecular formula is C32H56N2O9Si4. The maximum atomic E-state index is 10.8. The van der Waals surface area contributed by atoms with Gasteiger partial charge in [-0.2, -0.15) is 0 Å². The van der Waals surface area contributed by atoms with Gasteiger partial charge in [0.1, 0.15) is 11.5 Å². The van der Waals surface area contributed by atoms with Crippen LogP contribution < -0.4 is 9.47 Å². The number of nitro benzene ring substituents is 2. The van der Waals surface area contributed by atoms with E-state index in [-0.39, 0.29) is 11.4 Å². The third kappa shape index (κ3) is 17.5. The number of ether oxygens (including phenoxy) is 2. The summed E-state index contributed by atoms with van der Waals surface area (Å²) >= 11 is 0. The van der Waals surface area contributed by atoms with E-state index in [0.29, 0.717) is 24.7 Å². The molecule has 0 aliphatic carbocycles. The summed E-state index contributed by atoms with van der Waals surface area (Å²) in [4.78, 5) is 20.7. The van der Waals surface area contributed by atoms with E-state index in [1.165, 1.54) is 24.3 Å². The second kappa shape index (κ2) is 19.0. The number of rotatable bonds is 24. The summed E-state index contributed by atoms with van der Waals surface area (Å²) in [5, 5.41) is 21.6. The van der Waals surface area contributed by atoms with E-state index in [1.54, 1.807) is 24.3 Å². The third-order valence-electron chi connectivity index (χ3n) is 7.51. The van der Waals surface area contributed by atoms with Gasteiger partial charge in [-0.3, -0.25) is 20.2 Å². The normalized spacial score (nSPS) is 12.6. The zero-order chi connectivity index (χ0) is 35.1. The second-order valence-corrected chi connectivity index (χ2v) is 30.2. The number of nitrogens with zero attached hydrogens (tertiary/aromatic N) is 2. The Morgan fingerprint density at radius 3 is 1.13 bits per heavy atom. The van der Waals surface area contributed by atoms with E-state index in [4.69, 9.17) is 21.8 Å². The summed E-state index contributed by atoms with van der Waals surface area (Å²) in [5.74, 6) is 1.32. The molecule has 2 aromatic carbocycles. The molecule has 2 rings (SSSR count). The highest BCUT2D eigenvalue weighted by molar-refractivity contribution is 6.89. The lowest BCUT2D eigenvalue weighted by Crippen LogP contribution is -2.56. The molecule has 2 aromatic rings. The van der Waals surface area contributed by atoms with Gasteiger partial charge >= 0.3 is 17.1 Å². The first-order valence-electron chi connectivity index (χ1n) is 16.7. The van der Waals surface area contributed by atoms with E-state index >= 15 is 0 Å². The van der Waals surface area contributed by atoms with Gasteiger partial charge in [0.2, 0.25) is 0 Å². The number of benzene rings is 2. The highest BCUT2D eigenvalue weighted by Gasteiger charge is 2.43. The van der Waals surface area contributed by atoms with Crippen molar-refractivity contribution in [2.45, 2.75) is 116 Å². The monoisotopic (exact) mass is 724 g/mol. The first kappa shape index (κ1) is 40.8. The number of hydrogen-bond donors (Lipinski definition) is 0. The van der Waals surface area contributed by atoms with E-state index in [9.17, 15) is 20.2 Å². The molecular weight excluding hydrogens is 669 g/mol. The summed E-state index contributed by atoms with van der Waals surface area (Å²) in [6.07, 6.45) is 8.47. The van der Waals surface area contributed by atoms with Crippen LogP contribution in [0.15, 0.2) is 48.5 Å². The molecule has 0 heterocycles. The predicted molar refractivity (Wildman–Crippen MR) is 197 cm³/mol. The minimum atomic E-state index is -2.38. The van der Waals surface area contributed by atoms with Gasteiger partial charge in [-0.1, -0.05) is 38.5 Å². The van der Waals surface area contributed by atoms with Gasteiger partial charge in [0, 0.05) is 24.3 Å². The Labute approximate surface area is 285 Å². The van der Waals surface area contributed by atoms with Crippen LogP contribution in [0.3, 0.4) is 0 Å². The smallest absolute Gasteiger partial charge is 0.312 e. The van der Waals surface area contributed by atoms with Crippen molar-refractivity contribution in [3.8, 4) is 11.5 Å². The SMILES string of the molecule is C[Si](C)(CCCCCCOc1ccc([N+](=O)[O-])cc1)O[Si](C)(C)O[Si](C)(C)O[Si](C)(C)CCCCCCOc1ccc([N+](=O)[O-])cc1. The lowest BCUT2D eigenvalue weighted by molar-refractivity contribution is -0.385. The fourth-order valence-corrected chi connectivity index (χ4v) is 25.3. The van der Waals surface area contributed by atoms with Crippen molar-refractivity contribution in [2.24, 2.45) is 0 Å². The van der Waals surface area contributed by atoms with Crippen LogP contribution in [0.2, 0.25) is 64.5 Å². The molecule has 0 aliphatic heterocycles. The summed E-state index contributed by atoms with van der Waals surface area (Å²) in [6, 6.07) is 14.6. The van der Waals surface area contributed by atoms with E-state index < -0.39 is 43.6 Å². The van der Waals surface area contributed by atoms with Gasteiger partial charge in [-0.25, -0.2) is 0 Å². The van der Waals surface area contributed by atoms with Crippen LogP contribution in [0, 0.1) is 20.2 Å². The standard InChI is InChI=1S/C32H56N2O9Si4/c1-44(2,27-15-11-9-13-25-39-31-21-17-29(18-22-31)33(35)36)41-46(5,6)43-47(7,8)42-45(3,4)28-16-12-10-14-26-40-32-23-19-30(20-24-32)34(37)38/h17-24H,9-16,25-28H2,1-8H3. The second-order valence-electron chi connectivity index (χ2n) is 14.2. The van der Waals surface area contributed by atoms with Crippen molar-refractivity contribution >= 4 is 45.1 Å². The molecule has 15 heteroatoms. The molecule has 0 N–H and O–H groups in total. The number of non-ortho nitro benzene ring substituents is 2. The highest BCUT2D eigenvalue weighted by atomic mass is 28.5. The molecule has 47 heavy (non-hydrogen) atoms. The van der Waals surface area contributed by atoms with Crippen molar-refractivity contribution in [3.63, 3.8) is 0 Å². The van der Waals surface area contributed by atoms with E-state index in [1.807, 2.05) is 0 Å². The number of unbranched alkanes of at least 4 members (excludes halogenated alkanes) is 6. The lowest BCUT2D eigenvalue weighted by atomic mass is 10.2. The van der Waals surface area contributed by atoms with Crippen molar-refractivity contribution in [1.82, 2.24) is 0 Å². The molecule has 0 amide bonds. The van der Waals surface area contributed by atoms with Crippen LogP contribution in [0.4, 0.5) is 11.4 Å². The summed E-state index contributed by atoms with van der Waals surface area (Å²) in [7, 11) is -8.58. The van der Waals surface area contributed by atoms with Crippen LogP contribution in [-0.4, -0.2) is 56.8 Å². The number of nitro groups is 2. The highest BCUT2D eigenvalue weighted by Crippen LogP contribution is 2.28. The Balaban J connectivity index is 1.61. The summed E-state index contributed by atoms with van der Waals surface area (Å²) in [5.41, 5.74) is 0.136. The molecule has 0 aromatic heterocycles. The van der Waals surface area contributed by atoms with Crippen LogP contribution >= 0.6 is 0 Å². The first-order valence-corrected chi connectivity index (χ1v) is 28.6. The minimum Gasteiger partial charge on any atom is -0.494 e. The Kier molecular flexibility index (Phi) is 16.4. The fraction of sp³-hybridized carbons (Fsp3) is 0.625. The quantitative estimate of drug-likeness (QED) is 0.0449. The topological polar surface area (TPSA) is 132 Å². The molecule has 0 saturated heterocycles. The summed E-state index contributed by atoms with van der Waals surface area (Å²) in [6.45, 7) is 19.0. The van der Waals surface area contributed by atoms with Gasteiger partial charge < -0.3 is 21.8 Å². The van der Waals surface area contributed by atoms with Gasteiger partial charge in [-0.15, -0.1) is 0 Å². The number of hydrogen-bond acceptors (Lipinski definition) is 9. The van der Waals surface area contributed by atoms with Crippen molar-refractivity contribution in [1.29, 1.82) is 0 Å². The van der Waals surface area contributed by atoms with Crippen molar-refractivity contribution < 1.29 is 31.7 Å². The molecule has 264 valence electrons. The molecule has 0 atom stereocenters. The Bertz CT molecular complexity index is 1150. The zero-order valence-electron chi connectivity index (χ0n) is 29.7. The van der Waals surface area contributed by atoms with Crippen LogP contribution in [0.1, 0.15) is 51.4 Å². The average Bonchev–Trinajstić information content (AvgIpc) is 2.94. The van der Waals surface area contributed by atoms with Crippen LogP contribution in [0.25, 0.3) is 0 Å². The van der Waals surface area contributed by atoms with Crippen molar-refractivity contribution in [3.05, 3.63) is 68.8 Å². The Morgan fingerprint density at radius 2 is 0.809 bits per heavy atom. The molecule has 11 nitrogen and oxygen atoms in total. The molecule has 0 radical (unpaired) electrons. The molecule has 0 spiro atoms. The Hall–Kier alpha value is -2.41. The molecule has 0 saturated carbocycles. The minimum absolute atomic E-state index is 0.0680. The molecule has 0 bridgehead atoms. The lowest BCUT2D eigenvalue weighted by Gasteiger charge is -2.41. The van der Waals surface area contributed by atoms with Crippen molar-refractivity contribution in [2.75, 3.05) is 13.2 Å². The van der Waals surface area contributed by atoms with Gasteiger partial charge in [0.25, 0.3) is 11.4 Å². The maximum absolute atomic E-state index is 10.8. The molecule has 0 aliphatic rings. The predicted octanol–water partition coefficient (Wildman–Crippen LogP) is 9.95. The Morgan fingerprint density at radius 1 is 0.489 bits per heavy atom. The molecule has 0 fully saturated rings. The van der Waals surface area contributed by atoms with E-state index in [0.717, 1.165) is 63.5 Å². The maximum Gasteiger partial charge on any atom is 0.312 e. The molecule has 0 unspecified atom stereocenters. The van der Waals surface area contributed by atoms with E-state index in [2.05, 4.69) is 52.4 Å². The summed E-state index contributed by atoms with van der Waals surface area (Å²) < 4.78 is 31.8. The van der Waals surface area contributed by atoms with Gasteiger partial charge in [0.15, 0.2) is 16.6 Å².